The van der Waals surface area contributed by atoms with E-state index in [1.165, 1.54) is 6.33 Å². The molecule has 1 aromatic rings. The van der Waals surface area contributed by atoms with E-state index in [0.717, 1.165) is 32.2 Å². The van der Waals surface area contributed by atoms with Gasteiger partial charge in [0.15, 0.2) is 0 Å². The first-order chi connectivity index (χ1) is 9.66. The Kier molecular flexibility index (Phi) is 5.11. The van der Waals surface area contributed by atoms with Crippen LogP contribution < -0.4 is 10.6 Å². The Morgan fingerprint density at radius 2 is 2.30 bits per heavy atom. The van der Waals surface area contributed by atoms with Crippen molar-refractivity contribution in [3.05, 3.63) is 18.2 Å². The molecule has 2 rings (SSSR count). The van der Waals surface area contributed by atoms with Crippen LogP contribution in [0.3, 0.4) is 0 Å². The number of carbonyl (C=O) groups excluding carboxylic acids is 1. The zero-order chi connectivity index (χ0) is 14.4. The first kappa shape index (κ1) is 14.5. The molecule has 20 heavy (non-hydrogen) atoms. The largest absolute Gasteiger partial charge is 0.480 e. The average molecular weight is 280 g/mol. The van der Waals surface area contributed by atoms with Crippen molar-refractivity contribution < 1.29 is 14.7 Å². The molecule has 1 aliphatic rings. The summed E-state index contributed by atoms with van der Waals surface area (Å²) in [6.07, 6.45) is 7.15. The molecule has 0 bridgehead atoms. The Labute approximate surface area is 117 Å². The Morgan fingerprint density at radius 3 is 3.00 bits per heavy atom. The Bertz CT molecular complexity index is 438. The highest BCUT2D eigenvalue weighted by Crippen LogP contribution is 2.09. The molecule has 1 amide bonds. The van der Waals surface area contributed by atoms with Gasteiger partial charge in [0.1, 0.15) is 6.04 Å². The molecule has 4 N–H and O–H groups in total. The molecule has 0 saturated carbocycles. The molecule has 7 nitrogen and oxygen atoms in total. The molecule has 0 spiro atoms. The van der Waals surface area contributed by atoms with Gasteiger partial charge in [0.25, 0.3) is 0 Å². The summed E-state index contributed by atoms with van der Waals surface area (Å²) in [7, 11) is 0. The van der Waals surface area contributed by atoms with Gasteiger partial charge in [0.05, 0.1) is 12.4 Å². The highest BCUT2D eigenvalue weighted by molar-refractivity contribution is 5.87. The van der Waals surface area contributed by atoms with Crippen LogP contribution in [0.5, 0.6) is 0 Å². The molecule has 0 aromatic carbocycles. The summed E-state index contributed by atoms with van der Waals surface area (Å²) < 4.78 is 0. The standard InChI is InChI=1S/C13H20N4O3/c18-12(10-4-2-1-3-5-15-10)17-11(13(19)20)6-9-7-14-8-16-9/h7-8,10-11,15H,1-6H2,(H,14,16)(H,17,18)(H,19,20). The lowest BCUT2D eigenvalue weighted by Gasteiger charge is -2.19. The number of carbonyl (C=O) groups is 2. The van der Waals surface area contributed by atoms with Crippen LogP contribution in [0.1, 0.15) is 31.4 Å². The number of amides is 1. The average Bonchev–Trinajstić information content (AvgIpc) is 2.77. The third kappa shape index (κ3) is 4.06. The summed E-state index contributed by atoms with van der Waals surface area (Å²) in [5, 5.41) is 15.0. The number of rotatable bonds is 5. The number of nitrogens with one attached hydrogen (secondary N) is 3. The zero-order valence-electron chi connectivity index (χ0n) is 11.3. The van der Waals surface area contributed by atoms with Crippen LogP contribution in [0.15, 0.2) is 12.5 Å². The van der Waals surface area contributed by atoms with Crippen LogP contribution in [0.4, 0.5) is 0 Å². The number of H-pyrrole nitrogens is 1. The molecule has 2 unspecified atom stereocenters. The minimum atomic E-state index is -1.04. The smallest absolute Gasteiger partial charge is 0.326 e. The SMILES string of the molecule is O=C(O)C(Cc1cnc[nH]1)NC(=O)C1CCCCCN1. The van der Waals surface area contributed by atoms with Gasteiger partial charge in [0.2, 0.25) is 5.91 Å². The van der Waals surface area contributed by atoms with Crippen LogP contribution in [0.25, 0.3) is 0 Å². The van der Waals surface area contributed by atoms with E-state index < -0.39 is 12.0 Å². The fraction of sp³-hybridized carbons (Fsp3) is 0.615. The van der Waals surface area contributed by atoms with Crippen molar-refractivity contribution in [2.24, 2.45) is 0 Å². The molecule has 2 atom stereocenters. The molecular formula is C13H20N4O3. The van der Waals surface area contributed by atoms with Crippen molar-refractivity contribution in [1.29, 1.82) is 0 Å². The lowest BCUT2D eigenvalue weighted by Crippen LogP contribution is -2.50. The molecule has 0 aliphatic carbocycles. The fourth-order valence-electron chi connectivity index (χ4n) is 2.34. The first-order valence-electron chi connectivity index (χ1n) is 6.90. The Morgan fingerprint density at radius 1 is 1.45 bits per heavy atom. The van der Waals surface area contributed by atoms with E-state index in [-0.39, 0.29) is 18.4 Å². The lowest BCUT2D eigenvalue weighted by atomic mass is 10.1. The number of carboxylic acid groups (broad SMARTS) is 1. The summed E-state index contributed by atoms with van der Waals surface area (Å²) in [6.45, 7) is 0.802. The van der Waals surface area contributed by atoms with Gasteiger partial charge in [-0.05, 0) is 19.4 Å². The summed E-state index contributed by atoms with van der Waals surface area (Å²) in [5.74, 6) is -1.28. The number of aromatic nitrogens is 2. The van der Waals surface area contributed by atoms with Crippen molar-refractivity contribution in [2.75, 3.05) is 6.54 Å². The van der Waals surface area contributed by atoms with Crippen molar-refractivity contribution >= 4 is 11.9 Å². The summed E-state index contributed by atoms with van der Waals surface area (Å²) in [6, 6.07) is -1.23. The van der Waals surface area contributed by atoms with Crippen LogP contribution >= 0.6 is 0 Å². The molecule has 2 heterocycles. The van der Waals surface area contributed by atoms with Gasteiger partial charge in [-0.3, -0.25) is 4.79 Å². The third-order valence-electron chi connectivity index (χ3n) is 3.47. The van der Waals surface area contributed by atoms with Crippen molar-refractivity contribution in [2.45, 2.75) is 44.2 Å². The molecule has 0 radical (unpaired) electrons. The van der Waals surface area contributed by atoms with Crippen LogP contribution in [-0.4, -0.2) is 45.6 Å². The summed E-state index contributed by atoms with van der Waals surface area (Å²) in [5.41, 5.74) is 0.687. The van der Waals surface area contributed by atoms with Gasteiger partial charge in [-0.15, -0.1) is 0 Å². The van der Waals surface area contributed by atoms with Crippen molar-refractivity contribution in [1.82, 2.24) is 20.6 Å². The van der Waals surface area contributed by atoms with Gasteiger partial charge in [-0.1, -0.05) is 12.8 Å². The molecule has 1 fully saturated rings. The van der Waals surface area contributed by atoms with Crippen LogP contribution in [-0.2, 0) is 16.0 Å². The predicted molar refractivity (Wildman–Crippen MR) is 72.1 cm³/mol. The van der Waals surface area contributed by atoms with E-state index in [4.69, 9.17) is 0 Å². The number of hydrogen-bond acceptors (Lipinski definition) is 4. The number of carboxylic acids is 1. The molecule has 1 saturated heterocycles. The Balaban J connectivity index is 1.93. The number of nitrogens with zero attached hydrogens (tertiary/aromatic N) is 1. The Hall–Kier alpha value is -1.89. The van der Waals surface area contributed by atoms with E-state index in [2.05, 4.69) is 20.6 Å². The van der Waals surface area contributed by atoms with E-state index in [1.54, 1.807) is 6.20 Å². The highest BCUT2D eigenvalue weighted by Gasteiger charge is 2.26. The normalized spacial score (nSPS) is 20.9. The van der Waals surface area contributed by atoms with Gasteiger partial charge >= 0.3 is 5.97 Å². The lowest BCUT2D eigenvalue weighted by molar-refractivity contribution is -0.142. The van der Waals surface area contributed by atoms with E-state index in [9.17, 15) is 14.7 Å². The maximum absolute atomic E-state index is 12.1. The van der Waals surface area contributed by atoms with Crippen molar-refractivity contribution in [3.8, 4) is 0 Å². The quantitative estimate of drug-likeness (QED) is 0.610. The maximum atomic E-state index is 12.1. The predicted octanol–water partition coefficient (Wildman–Crippen LogP) is 0.0538. The van der Waals surface area contributed by atoms with Crippen LogP contribution in [0, 0.1) is 0 Å². The maximum Gasteiger partial charge on any atom is 0.326 e. The topological polar surface area (TPSA) is 107 Å². The monoisotopic (exact) mass is 280 g/mol. The molecular weight excluding hydrogens is 260 g/mol. The fourth-order valence-corrected chi connectivity index (χ4v) is 2.34. The molecule has 110 valence electrons. The summed E-state index contributed by atoms with van der Waals surface area (Å²) in [4.78, 5) is 30.1. The van der Waals surface area contributed by atoms with E-state index >= 15 is 0 Å². The van der Waals surface area contributed by atoms with Crippen molar-refractivity contribution in [3.63, 3.8) is 0 Å². The van der Waals surface area contributed by atoms with E-state index in [1.807, 2.05) is 0 Å². The second-order valence-corrected chi connectivity index (χ2v) is 5.04. The van der Waals surface area contributed by atoms with E-state index in [0.29, 0.717) is 5.69 Å². The second kappa shape index (κ2) is 7.04. The first-order valence-corrected chi connectivity index (χ1v) is 6.90. The third-order valence-corrected chi connectivity index (χ3v) is 3.47. The second-order valence-electron chi connectivity index (χ2n) is 5.04. The molecule has 1 aromatic heterocycles. The molecule has 7 heteroatoms. The number of aromatic amines is 1. The zero-order valence-corrected chi connectivity index (χ0v) is 11.3. The number of imidazole rings is 1. The van der Waals surface area contributed by atoms with Gasteiger partial charge in [-0.2, -0.15) is 0 Å². The van der Waals surface area contributed by atoms with Gasteiger partial charge < -0.3 is 20.7 Å². The number of hydrogen-bond donors (Lipinski definition) is 4. The molecule has 1 aliphatic heterocycles. The summed E-state index contributed by atoms with van der Waals surface area (Å²) >= 11 is 0. The van der Waals surface area contributed by atoms with Crippen LogP contribution in [0.2, 0.25) is 0 Å². The minimum absolute atomic E-state index is 0.202. The number of aliphatic carboxylic acids is 1. The minimum Gasteiger partial charge on any atom is -0.480 e. The van der Waals surface area contributed by atoms with Gasteiger partial charge in [0, 0.05) is 18.3 Å². The van der Waals surface area contributed by atoms with Gasteiger partial charge in [-0.25, -0.2) is 9.78 Å². The highest BCUT2D eigenvalue weighted by atomic mass is 16.4.